The zero-order valence-electron chi connectivity index (χ0n) is 16.7. The molecule has 0 spiro atoms. The van der Waals surface area contributed by atoms with Crippen molar-refractivity contribution in [2.24, 2.45) is 5.92 Å². The summed E-state index contributed by atoms with van der Waals surface area (Å²) in [5, 5.41) is 13.5. The van der Waals surface area contributed by atoms with E-state index in [0.717, 1.165) is 42.5 Å². The van der Waals surface area contributed by atoms with E-state index in [9.17, 15) is 4.79 Å². The quantitative estimate of drug-likeness (QED) is 0.533. The van der Waals surface area contributed by atoms with Gasteiger partial charge in [0.05, 0.1) is 11.3 Å². The fourth-order valence-electron chi connectivity index (χ4n) is 4.58. The van der Waals surface area contributed by atoms with E-state index in [1.807, 2.05) is 30.3 Å². The molecular formula is C22H24N6O. The summed E-state index contributed by atoms with van der Waals surface area (Å²) in [6, 6.07) is 10.2. The fraction of sp³-hybridized carbons (Fsp3) is 0.409. The average Bonchev–Trinajstić information content (AvgIpc) is 3.14. The Hall–Kier alpha value is -3.09. The lowest BCUT2D eigenvalue weighted by atomic mass is 9.86. The summed E-state index contributed by atoms with van der Waals surface area (Å²) in [5.74, 6) is 0.457. The standard InChI is InChI=1S/C22H24N6O/c1-3-16-18(15-10-5-4-6-11-15)20-25-24-19-21(28(20)26-16)23-13-27(22(19)29)17-12-8-7-9-14(17)2/h4-6,10-11,13-14,17H,3,7-9,12H2,1-2H3. The second-order valence-corrected chi connectivity index (χ2v) is 7.93. The predicted octanol–water partition coefficient (Wildman–Crippen LogP) is 3.81. The van der Waals surface area contributed by atoms with E-state index in [1.165, 1.54) is 6.42 Å². The Morgan fingerprint density at radius 1 is 1.07 bits per heavy atom. The van der Waals surface area contributed by atoms with Gasteiger partial charge in [0.15, 0.2) is 16.8 Å². The summed E-state index contributed by atoms with van der Waals surface area (Å²) in [5.41, 5.74) is 4.17. The first-order valence-electron chi connectivity index (χ1n) is 10.4. The molecule has 1 fully saturated rings. The second-order valence-electron chi connectivity index (χ2n) is 7.93. The Kier molecular flexibility index (Phi) is 4.38. The van der Waals surface area contributed by atoms with E-state index < -0.39 is 0 Å². The minimum Gasteiger partial charge on any atom is -0.294 e. The van der Waals surface area contributed by atoms with E-state index in [1.54, 1.807) is 15.4 Å². The van der Waals surface area contributed by atoms with Gasteiger partial charge in [-0.25, -0.2) is 4.98 Å². The number of benzene rings is 1. The minimum atomic E-state index is -0.127. The smallest absolute Gasteiger partial charge is 0.283 e. The van der Waals surface area contributed by atoms with Gasteiger partial charge in [-0.05, 0) is 30.7 Å². The van der Waals surface area contributed by atoms with Crippen LogP contribution in [0.15, 0.2) is 41.5 Å². The van der Waals surface area contributed by atoms with Crippen molar-refractivity contribution >= 4 is 16.8 Å². The average molecular weight is 388 g/mol. The molecule has 1 aliphatic rings. The molecule has 0 N–H and O–H groups in total. The normalized spacial score (nSPS) is 19.8. The first kappa shape index (κ1) is 18.0. The Bertz CT molecular complexity index is 1240. The molecule has 0 bridgehead atoms. The second kappa shape index (κ2) is 7.06. The summed E-state index contributed by atoms with van der Waals surface area (Å²) in [6.45, 7) is 4.28. The van der Waals surface area contributed by atoms with Gasteiger partial charge < -0.3 is 0 Å². The molecule has 29 heavy (non-hydrogen) atoms. The van der Waals surface area contributed by atoms with Gasteiger partial charge in [0, 0.05) is 6.04 Å². The van der Waals surface area contributed by atoms with E-state index in [4.69, 9.17) is 5.10 Å². The Morgan fingerprint density at radius 3 is 2.62 bits per heavy atom. The van der Waals surface area contributed by atoms with Gasteiger partial charge in [-0.1, -0.05) is 57.0 Å². The van der Waals surface area contributed by atoms with Gasteiger partial charge in [0.2, 0.25) is 0 Å². The number of aryl methyl sites for hydroxylation is 1. The van der Waals surface area contributed by atoms with Crippen molar-refractivity contribution in [3.8, 4) is 11.1 Å². The van der Waals surface area contributed by atoms with Crippen LogP contribution in [-0.4, -0.2) is 29.4 Å². The lowest BCUT2D eigenvalue weighted by Gasteiger charge is -2.29. The van der Waals surface area contributed by atoms with Gasteiger partial charge in [0.1, 0.15) is 6.33 Å². The Balaban J connectivity index is 1.73. The molecular weight excluding hydrogens is 364 g/mol. The van der Waals surface area contributed by atoms with E-state index >= 15 is 0 Å². The van der Waals surface area contributed by atoms with Crippen LogP contribution in [0.4, 0.5) is 0 Å². The van der Waals surface area contributed by atoms with Crippen LogP contribution >= 0.6 is 0 Å². The number of aromatic nitrogens is 6. The van der Waals surface area contributed by atoms with Crippen molar-refractivity contribution in [2.75, 3.05) is 0 Å². The molecule has 0 aliphatic heterocycles. The number of hydrogen-bond acceptors (Lipinski definition) is 5. The molecule has 1 aromatic carbocycles. The maximum atomic E-state index is 13.2. The van der Waals surface area contributed by atoms with Crippen LogP contribution < -0.4 is 5.56 Å². The van der Waals surface area contributed by atoms with Gasteiger partial charge in [-0.2, -0.15) is 9.61 Å². The summed E-state index contributed by atoms with van der Waals surface area (Å²) in [6.07, 6.45) is 6.94. The van der Waals surface area contributed by atoms with Gasteiger partial charge in [-0.3, -0.25) is 9.36 Å². The number of nitrogens with zero attached hydrogens (tertiary/aromatic N) is 6. The minimum absolute atomic E-state index is 0.127. The zero-order chi connectivity index (χ0) is 20.0. The van der Waals surface area contributed by atoms with Crippen LogP contribution in [0.25, 0.3) is 27.9 Å². The SMILES string of the molecule is CCc1nn2c(nnc3c(=O)n(C4CCCCC4C)cnc32)c1-c1ccccc1. The van der Waals surface area contributed by atoms with Crippen LogP contribution in [0.3, 0.4) is 0 Å². The largest absolute Gasteiger partial charge is 0.294 e. The highest BCUT2D eigenvalue weighted by Gasteiger charge is 2.26. The molecule has 3 aromatic heterocycles. The molecule has 3 heterocycles. The third-order valence-corrected chi connectivity index (χ3v) is 6.15. The topological polar surface area (TPSA) is 78.0 Å². The Labute approximate surface area is 168 Å². The zero-order valence-corrected chi connectivity index (χ0v) is 16.7. The molecule has 0 radical (unpaired) electrons. The number of fused-ring (bicyclic) bond motifs is 3. The highest BCUT2D eigenvalue weighted by atomic mass is 16.1. The summed E-state index contributed by atoms with van der Waals surface area (Å²) in [4.78, 5) is 17.9. The van der Waals surface area contributed by atoms with Gasteiger partial charge >= 0.3 is 0 Å². The molecule has 5 rings (SSSR count). The summed E-state index contributed by atoms with van der Waals surface area (Å²) in [7, 11) is 0. The van der Waals surface area contributed by atoms with Crippen molar-refractivity contribution in [1.29, 1.82) is 0 Å². The predicted molar refractivity (Wildman–Crippen MR) is 112 cm³/mol. The van der Waals surface area contributed by atoms with Crippen molar-refractivity contribution in [3.63, 3.8) is 0 Å². The summed E-state index contributed by atoms with van der Waals surface area (Å²) >= 11 is 0. The molecule has 0 saturated heterocycles. The molecule has 2 atom stereocenters. The molecule has 148 valence electrons. The first-order valence-corrected chi connectivity index (χ1v) is 10.4. The monoisotopic (exact) mass is 388 g/mol. The lowest BCUT2D eigenvalue weighted by Crippen LogP contribution is -2.31. The van der Waals surface area contributed by atoms with Crippen LogP contribution in [0.1, 0.15) is 51.3 Å². The molecule has 0 amide bonds. The number of hydrogen-bond donors (Lipinski definition) is 0. The summed E-state index contributed by atoms with van der Waals surface area (Å²) < 4.78 is 3.44. The van der Waals surface area contributed by atoms with Crippen LogP contribution in [-0.2, 0) is 6.42 Å². The van der Waals surface area contributed by atoms with Gasteiger partial charge in [-0.15, -0.1) is 10.2 Å². The van der Waals surface area contributed by atoms with E-state index in [0.29, 0.717) is 17.2 Å². The lowest BCUT2D eigenvalue weighted by molar-refractivity contribution is 0.251. The third-order valence-electron chi connectivity index (χ3n) is 6.15. The van der Waals surface area contributed by atoms with Crippen molar-refractivity contribution in [3.05, 3.63) is 52.7 Å². The maximum absolute atomic E-state index is 13.2. The number of rotatable bonds is 3. The van der Waals surface area contributed by atoms with E-state index in [-0.39, 0.29) is 17.1 Å². The third kappa shape index (κ3) is 2.84. The maximum Gasteiger partial charge on any atom is 0.283 e. The van der Waals surface area contributed by atoms with Crippen molar-refractivity contribution < 1.29 is 0 Å². The Morgan fingerprint density at radius 2 is 1.86 bits per heavy atom. The van der Waals surface area contributed by atoms with E-state index in [2.05, 4.69) is 29.0 Å². The van der Waals surface area contributed by atoms with Crippen molar-refractivity contribution in [1.82, 2.24) is 29.4 Å². The molecule has 2 unspecified atom stereocenters. The van der Waals surface area contributed by atoms with Crippen LogP contribution in [0, 0.1) is 5.92 Å². The molecule has 7 nitrogen and oxygen atoms in total. The molecule has 4 aromatic rings. The fourth-order valence-corrected chi connectivity index (χ4v) is 4.58. The molecule has 7 heteroatoms. The van der Waals surface area contributed by atoms with Crippen LogP contribution in [0.5, 0.6) is 0 Å². The highest BCUT2D eigenvalue weighted by Crippen LogP contribution is 2.33. The highest BCUT2D eigenvalue weighted by molar-refractivity contribution is 5.83. The molecule has 1 saturated carbocycles. The first-order chi connectivity index (χ1) is 14.2. The van der Waals surface area contributed by atoms with Crippen molar-refractivity contribution in [2.45, 2.75) is 52.0 Å². The molecule has 1 aliphatic carbocycles. The van der Waals surface area contributed by atoms with Crippen LogP contribution in [0.2, 0.25) is 0 Å². The van der Waals surface area contributed by atoms with Gasteiger partial charge in [0.25, 0.3) is 5.56 Å².